The third-order valence-electron chi connectivity index (χ3n) is 5.42. The molecule has 2 saturated carbocycles. The van der Waals surface area contributed by atoms with E-state index in [4.69, 9.17) is 4.98 Å². The lowest BCUT2D eigenvalue weighted by atomic mass is 10.3. The predicted octanol–water partition coefficient (Wildman–Crippen LogP) is 3.50. The van der Waals surface area contributed by atoms with Crippen LogP contribution in [0.1, 0.15) is 49.2 Å². The van der Waals surface area contributed by atoms with Crippen molar-refractivity contribution >= 4 is 34.1 Å². The molecule has 2 fully saturated rings. The molecule has 4 aromatic rings. The first-order valence-corrected chi connectivity index (χ1v) is 12.1. The van der Waals surface area contributed by atoms with Gasteiger partial charge in [0.05, 0.1) is 11.4 Å². The SMILES string of the molecule is O=c1[nH]c(=O)n(C2CC2)c2nc(C3CC3)nc(SCc3csc(-c4ccccn4)n3)c12. The van der Waals surface area contributed by atoms with Crippen molar-refractivity contribution < 1.29 is 0 Å². The topological polar surface area (TPSA) is 106 Å². The third kappa shape index (κ3) is 3.59. The number of thiazole rings is 1. The maximum Gasteiger partial charge on any atom is 0.330 e. The molecule has 0 bridgehead atoms. The molecule has 4 heterocycles. The minimum atomic E-state index is -0.422. The van der Waals surface area contributed by atoms with Gasteiger partial charge < -0.3 is 0 Å². The smallest absolute Gasteiger partial charge is 0.274 e. The van der Waals surface area contributed by atoms with Crippen LogP contribution in [0, 0.1) is 0 Å². The summed E-state index contributed by atoms with van der Waals surface area (Å²) in [6.07, 6.45) is 5.71. The lowest BCUT2D eigenvalue weighted by molar-refractivity contribution is 0.691. The summed E-state index contributed by atoms with van der Waals surface area (Å²) in [4.78, 5) is 46.1. The van der Waals surface area contributed by atoms with Gasteiger partial charge >= 0.3 is 5.69 Å². The fourth-order valence-electron chi connectivity index (χ4n) is 3.56. The molecule has 0 saturated heterocycles. The van der Waals surface area contributed by atoms with Crippen molar-refractivity contribution in [3.05, 3.63) is 62.1 Å². The Balaban J connectivity index is 1.39. The lowest BCUT2D eigenvalue weighted by Gasteiger charge is -2.11. The van der Waals surface area contributed by atoms with Crippen molar-refractivity contribution in [2.75, 3.05) is 0 Å². The van der Waals surface area contributed by atoms with E-state index in [-0.39, 0.29) is 11.7 Å². The van der Waals surface area contributed by atoms with Crippen molar-refractivity contribution in [3.8, 4) is 10.7 Å². The maximum absolute atomic E-state index is 12.7. The number of pyridine rings is 1. The molecular formula is C21H18N6O2S2. The van der Waals surface area contributed by atoms with E-state index in [0.29, 0.717) is 27.7 Å². The Morgan fingerprint density at radius 3 is 2.74 bits per heavy atom. The molecule has 0 aromatic carbocycles. The number of nitrogens with zero attached hydrogens (tertiary/aromatic N) is 5. The van der Waals surface area contributed by atoms with Crippen LogP contribution in [0.4, 0.5) is 0 Å². The van der Waals surface area contributed by atoms with Gasteiger partial charge in [-0.3, -0.25) is 19.3 Å². The average Bonchev–Trinajstić information content (AvgIpc) is 3.71. The molecule has 8 nitrogen and oxygen atoms in total. The van der Waals surface area contributed by atoms with E-state index in [2.05, 4.69) is 19.9 Å². The van der Waals surface area contributed by atoms with Crippen molar-refractivity contribution in [2.45, 2.75) is 48.4 Å². The highest BCUT2D eigenvalue weighted by atomic mass is 32.2. The first-order chi connectivity index (χ1) is 15.2. The molecule has 0 aliphatic heterocycles. The summed E-state index contributed by atoms with van der Waals surface area (Å²) < 4.78 is 1.65. The highest BCUT2D eigenvalue weighted by molar-refractivity contribution is 7.98. The van der Waals surface area contributed by atoms with Crippen molar-refractivity contribution in [1.82, 2.24) is 29.5 Å². The summed E-state index contributed by atoms with van der Waals surface area (Å²) in [5.41, 5.74) is 1.42. The number of fused-ring (bicyclic) bond motifs is 1. The Hall–Kier alpha value is -2.85. The molecule has 0 unspecified atom stereocenters. The van der Waals surface area contributed by atoms with E-state index >= 15 is 0 Å². The fraction of sp³-hybridized carbons (Fsp3) is 0.333. The van der Waals surface area contributed by atoms with Gasteiger partial charge in [0.15, 0.2) is 5.65 Å². The highest BCUT2D eigenvalue weighted by Gasteiger charge is 2.32. The molecule has 4 aromatic heterocycles. The largest absolute Gasteiger partial charge is 0.330 e. The third-order valence-corrected chi connectivity index (χ3v) is 7.34. The van der Waals surface area contributed by atoms with Gasteiger partial charge in [-0.05, 0) is 37.8 Å². The van der Waals surface area contributed by atoms with Crippen LogP contribution in [-0.2, 0) is 5.75 Å². The van der Waals surface area contributed by atoms with E-state index in [1.165, 1.54) is 11.8 Å². The molecule has 31 heavy (non-hydrogen) atoms. The van der Waals surface area contributed by atoms with Crippen molar-refractivity contribution in [2.24, 2.45) is 0 Å². The van der Waals surface area contributed by atoms with Crippen LogP contribution in [0.25, 0.3) is 21.7 Å². The van der Waals surface area contributed by atoms with E-state index < -0.39 is 5.56 Å². The number of rotatable bonds is 6. The first-order valence-electron chi connectivity index (χ1n) is 10.2. The number of hydrogen-bond acceptors (Lipinski definition) is 8. The zero-order valence-corrected chi connectivity index (χ0v) is 18.1. The summed E-state index contributed by atoms with van der Waals surface area (Å²) >= 11 is 3.02. The molecular weight excluding hydrogens is 432 g/mol. The molecule has 0 radical (unpaired) electrons. The number of thioether (sulfide) groups is 1. The quantitative estimate of drug-likeness (QED) is 0.354. The van der Waals surface area contributed by atoms with E-state index in [9.17, 15) is 9.59 Å². The van der Waals surface area contributed by atoms with Gasteiger partial charge in [-0.2, -0.15) is 0 Å². The zero-order valence-electron chi connectivity index (χ0n) is 16.4. The van der Waals surface area contributed by atoms with Gasteiger partial charge in [-0.1, -0.05) is 17.8 Å². The second-order valence-corrected chi connectivity index (χ2v) is 9.69. The Morgan fingerprint density at radius 1 is 1.13 bits per heavy atom. The van der Waals surface area contributed by atoms with Crippen LogP contribution in [0.5, 0.6) is 0 Å². The van der Waals surface area contributed by atoms with E-state index in [0.717, 1.165) is 47.9 Å². The summed E-state index contributed by atoms with van der Waals surface area (Å²) in [6, 6.07) is 5.87. The first kappa shape index (κ1) is 18.9. The summed E-state index contributed by atoms with van der Waals surface area (Å²) in [5.74, 6) is 1.63. The molecule has 0 amide bonds. The number of H-pyrrole nitrogens is 1. The molecule has 1 N–H and O–H groups in total. The van der Waals surface area contributed by atoms with E-state index in [1.54, 1.807) is 22.1 Å². The normalized spacial score (nSPS) is 16.1. The minimum absolute atomic E-state index is 0.117. The molecule has 156 valence electrons. The maximum atomic E-state index is 12.7. The minimum Gasteiger partial charge on any atom is -0.274 e. The second-order valence-electron chi connectivity index (χ2n) is 7.87. The number of aromatic amines is 1. The van der Waals surface area contributed by atoms with Crippen molar-refractivity contribution in [1.29, 1.82) is 0 Å². The molecule has 10 heteroatoms. The molecule has 6 rings (SSSR count). The van der Waals surface area contributed by atoms with Crippen LogP contribution in [0.15, 0.2) is 44.4 Å². The molecule has 2 aliphatic carbocycles. The zero-order chi connectivity index (χ0) is 20.9. The van der Waals surface area contributed by atoms with Crippen molar-refractivity contribution in [3.63, 3.8) is 0 Å². The van der Waals surface area contributed by atoms with Gasteiger partial charge in [0.1, 0.15) is 21.2 Å². The van der Waals surface area contributed by atoms with E-state index in [1.807, 2.05) is 23.6 Å². The number of nitrogens with one attached hydrogen (secondary N) is 1. The number of hydrogen-bond donors (Lipinski definition) is 1. The summed E-state index contributed by atoms with van der Waals surface area (Å²) in [6.45, 7) is 0. The summed E-state index contributed by atoms with van der Waals surface area (Å²) in [7, 11) is 0. The van der Waals surface area contributed by atoms with Gasteiger partial charge in [-0.15, -0.1) is 11.3 Å². The molecule has 0 atom stereocenters. The monoisotopic (exact) mass is 450 g/mol. The lowest BCUT2D eigenvalue weighted by Crippen LogP contribution is -2.31. The highest BCUT2D eigenvalue weighted by Crippen LogP contribution is 2.41. The Morgan fingerprint density at radius 2 is 2.00 bits per heavy atom. The van der Waals surface area contributed by atoms with Crippen LogP contribution in [-0.4, -0.2) is 29.5 Å². The summed E-state index contributed by atoms with van der Waals surface area (Å²) in [5, 5.41) is 3.89. The average molecular weight is 451 g/mol. The Kier molecular flexibility index (Phi) is 4.50. The van der Waals surface area contributed by atoms with Crippen LogP contribution in [0.3, 0.4) is 0 Å². The van der Waals surface area contributed by atoms with Gasteiger partial charge in [0.25, 0.3) is 5.56 Å². The fourth-order valence-corrected chi connectivity index (χ4v) is 5.38. The predicted molar refractivity (Wildman–Crippen MR) is 120 cm³/mol. The van der Waals surface area contributed by atoms with Crippen LogP contribution < -0.4 is 11.2 Å². The van der Waals surface area contributed by atoms with Crippen LogP contribution >= 0.6 is 23.1 Å². The van der Waals surface area contributed by atoms with Gasteiger partial charge in [0.2, 0.25) is 0 Å². The van der Waals surface area contributed by atoms with Crippen LogP contribution in [0.2, 0.25) is 0 Å². The standard InChI is InChI=1S/C21H18N6O2S2/c28-18-15-17(27(13-6-7-13)21(29)26-18)24-16(11-4-5-11)25-20(15)31-10-12-9-30-19(23-12)14-3-1-2-8-22-14/h1-3,8-9,11,13H,4-7,10H2,(H,26,28,29). The molecule has 2 aliphatic rings. The number of aromatic nitrogens is 6. The van der Waals surface area contributed by atoms with Gasteiger partial charge in [-0.25, -0.2) is 19.7 Å². The van der Waals surface area contributed by atoms with Gasteiger partial charge in [0, 0.05) is 29.3 Å². The Labute approximate surface area is 184 Å². The second kappa shape index (κ2) is 7.38. The molecule has 0 spiro atoms. The Bertz CT molecular complexity index is 1400.